The number of hydrogen-bond acceptors (Lipinski definition) is 4. The Kier molecular flexibility index (Phi) is 4.29. The number of hydrogen-bond donors (Lipinski definition) is 1. The summed E-state index contributed by atoms with van der Waals surface area (Å²) >= 11 is 6.70. The van der Waals surface area contributed by atoms with Crippen molar-refractivity contribution >= 4 is 38.6 Å². The summed E-state index contributed by atoms with van der Waals surface area (Å²) in [6.07, 6.45) is 0. The Labute approximate surface area is 111 Å². The van der Waals surface area contributed by atoms with Crippen LogP contribution in [0.3, 0.4) is 0 Å². The number of nitrogens with one attached hydrogen (secondary N) is 1. The van der Waals surface area contributed by atoms with Gasteiger partial charge in [0.05, 0.1) is 5.69 Å². The number of thiophene rings is 1. The van der Waals surface area contributed by atoms with Crippen LogP contribution < -0.4 is 5.32 Å². The van der Waals surface area contributed by atoms with Crippen molar-refractivity contribution in [3.63, 3.8) is 0 Å². The number of thiazole rings is 1. The molecule has 0 aliphatic rings. The van der Waals surface area contributed by atoms with Crippen LogP contribution in [0.5, 0.6) is 0 Å². The van der Waals surface area contributed by atoms with E-state index in [4.69, 9.17) is 0 Å². The lowest BCUT2D eigenvalue weighted by molar-refractivity contribution is 0.743. The second-order valence-corrected chi connectivity index (χ2v) is 6.04. The van der Waals surface area contributed by atoms with Gasteiger partial charge < -0.3 is 5.32 Å². The number of nitrogens with zero attached hydrogens (tertiary/aromatic N) is 1. The van der Waals surface area contributed by atoms with E-state index in [0.717, 1.165) is 28.3 Å². The Morgan fingerprint density at radius 2 is 2.38 bits per heavy atom. The van der Waals surface area contributed by atoms with E-state index in [1.165, 1.54) is 5.56 Å². The van der Waals surface area contributed by atoms with Gasteiger partial charge in [0.2, 0.25) is 0 Å². The molecule has 0 saturated heterocycles. The molecule has 2 heterocycles. The lowest BCUT2D eigenvalue weighted by atomic mass is 10.3. The molecule has 0 unspecified atom stereocenters. The van der Waals surface area contributed by atoms with Crippen LogP contribution >= 0.6 is 38.6 Å². The fourth-order valence-corrected chi connectivity index (χ4v) is 2.96. The normalized spacial score (nSPS) is 10.6. The molecule has 2 nitrogen and oxygen atoms in total. The van der Waals surface area contributed by atoms with Gasteiger partial charge in [-0.05, 0) is 11.4 Å². The van der Waals surface area contributed by atoms with Crippen LogP contribution in [0, 0.1) is 0 Å². The molecule has 0 aromatic carbocycles. The minimum Gasteiger partial charge on any atom is -0.307 e. The minimum atomic E-state index is 0.769. The van der Waals surface area contributed by atoms with Crippen LogP contribution in [0.25, 0.3) is 10.6 Å². The first kappa shape index (κ1) is 12.0. The zero-order valence-electron chi connectivity index (χ0n) is 8.57. The van der Waals surface area contributed by atoms with Crippen molar-refractivity contribution in [2.45, 2.75) is 6.54 Å². The maximum atomic E-state index is 4.57. The highest BCUT2D eigenvalue weighted by Crippen LogP contribution is 2.25. The Morgan fingerprint density at radius 3 is 3.06 bits per heavy atom. The van der Waals surface area contributed by atoms with Crippen LogP contribution in [0.1, 0.15) is 5.69 Å². The predicted octanol–water partition coefficient (Wildman–Crippen LogP) is 3.87. The molecule has 0 aliphatic carbocycles. The highest BCUT2D eigenvalue weighted by molar-refractivity contribution is 9.11. The second kappa shape index (κ2) is 5.72. The highest BCUT2D eigenvalue weighted by atomic mass is 79.9. The zero-order chi connectivity index (χ0) is 11.4. The summed E-state index contributed by atoms with van der Waals surface area (Å²) in [7, 11) is 0. The molecule has 0 spiro atoms. The van der Waals surface area contributed by atoms with E-state index in [9.17, 15) is 0 Å². The summed E-state index contributed by atoms with van der Waals surface area (Å²) in [5.41, 5.74) is 2.30. The van der Waals surface area contributed by atoms with E-state index in [1.807, 2.05) is 0 Å². The van der Waals surface area contributed by atoms with Gasteiger partial charge in [0.25, 0.3) is 0 Å². The molecule has 2 aromatic heterocycles. The molecule has 16 heavy (non-hydrogen) atoms. The van der Waals surface area contributed by atoms with Crippen molar-refractivity contribution in [3.8, 4) is 10.6 Å². The maximum Gasteiger partial charge on any atom is 0.124 e. The third-order valence-corrected chi connectivity index (χ3v) is 3.85. The van der Waals surface area contributed by atoms with E-state index in [0.29, 0.717) is 0 Å². The van der Waals surface area contributed by atoms with E-state index < -0.39 is 0 Å². The third kappa shape index (κ3) is 3.25. The molecule has 0 bridgehead atoms. The summed E-state index contributed by atoms with van der Waals surface area (Å²) in [6.45, 7) is 5.32. The Balaban J connectivity index is 1.95. The SMILES string of the molecule is C=C(Br)CNCc1csc(-c2ccsc2)n1. The summed E-state index contributed by atoms with van der Waals surface area (Å²) in [4.78, 5) is 4.57. The van der Waals surface area contributed by atoms with Gasteiger partial charge >= 0.3 is 0 Å². The zero-order valence-corrected chi connectivity index (χ0v) is 11.8. The summed E-state index contributed by atoms with van der Waals surface area (Å²) in [5.74, 6) is 0. The third-order valence-electron chi connectivity index (χ3n) is 1.94. The van der Waals surface area contributed by atoms with Gasteiger partial charge in [-0.2, -0.15) is 11.3 Å². The lowest BCUT2D eigenvalue weighted by Gasteiger charge is -1.99. The minimum absolute atomic E-state index is 0.769. The Morgan fingerprint density at radius 1 is 1.50 bits per heavy atom. The molecule has 2 rings (SSSR count). The van der Waals surface area contributed by atoms with Gasteiger partial charge in [0.1, 0.15) is 5.01 Å². The van der Waals surface area contributed by atoms with Crippen molar-refractivity contribution in [3.05, 3.63) is 39.0 Å². The van der Waals surface area contributed by atoms with Crippen LogP contribution in [0.2, 0.25) is 0 Å². The predicted molar refractivity (Wildman–Crippen MR) is 75.2 cm³/mol. The summed E-state index contributed by atoms with van der Waals surface area (Å²) in [6, 6.07) is 2.10. The first-order valence-electron chi connectivity index (χ1n) is 4.76. The Hall–Kier alpha value is -0.490. The maximum absolute atomic E-state index is 4.57. The van der Waals surface area contributed by atoms with E-state index in [2.05, 4.69) is 55.0 Å². The molecule has 84 valence electrons. The van der Waals surface area contributed by atoms with Crippen LogP contribution in [-0.4, -0.2) is 11.5 Å². The number of halogens is 1. The standard InChI is InChI=1S/C11H11BrN2S2/c1-8(12)4-13-5-10-7-16-11(14-10)9-2-3-15-6-9/h2-3,6-7,13H,1,4-5H2. The van der Waals surface area contributed by atoms with Gasteiger partial charge in [0, 0.05) is 33.9 Å². The van der Waals surface area contributed by atoms with Crippen molar-refractivity contribution in [1.82, 2.24) is 10.3 Å². The van der Waals surface area contributed by atoms with Crippen LogP contribution in [0.4, 0.5) is 0 Å². The van der Waals surface area contributed by atoms with E-state index in [-0.39, 0.29) is 0 Å². The number of aromatic nitrogens is 1. The quantitative estimate of drug-likeness (QED) is 0.906. The fourth-order valence-electron chi connectivity index (χ4n) is 1.23. The molecular weight excluding hydrogens is 304 g/mol. The van der Waals surface area contributed by atoms with E-state index >= 15 is 0 Å². The molecule has 5 heteroatoms. The largest absolute Gasteiger partial charge is 0.307 e. The topological polar surface area (TPSA) is 24.9 Å². The Bertz CT molecular complexity index is 462. The molecule has 0 amide bonds. The first-order chi connectivity index (χ1) is 7.75. The van der Waals surface area contributed by atoms with Crippen molar-refractivity contribution in [2.24, 2.45) is 0 Å². The first-order valence-corrected chi connectivity index (χ1v) is 7.38. The highest BCUT2D eigenvalue weighted by Gasteiger charge is 2.04. The molecule has 0 fully saturated rings. The molecule has 1 N–H and O–H groups in total. The second-order valence-electron chi connectivity index (χ2n) is 3.28. The molecule has 0 atom stereocenters. The summed E-state index contributed by atoms with van der Waals surface area (Å²) < 4.78 is 0.959. The van der Waals surface area contributed by atoms with Crippen molar-refractivity contribution in [1.29, 1.82) is 0 Å². The number of rotatable bonds is 5. The fraction of sp³-hybridized carbons (Fsp3) is 0.182. The molecule has 0 saturated carbocycles. The molecule has 2 aromatic rings. The monoisotopic (exact) mass is 314 g/mol. The van der Waals surface area contributed by atoms with E-state index in [1.54, 1.807) is 22.7 Å². The van der Waals surface area contributed by atoms with Gasteiger partial charge in [-0.3, -0.25) is 0 Å². The molecular formula is C11H11BrN2S2. The van der Waals surface area contributed by atoms with Gasteiger partial charge in [-0.1, -0.05) is 22.5 Å². The van der Waals surface area contributed by atoms with Gasteiger partial charge in [-0.15, -0.1) is 11.3 Å². The lowest BCUT2D eigenvalue weighted by Crippen LogP contribution is -2.14. The molecule has 0 radical (unpaired) electrons. The average molecular weight is 315 g/mol. The van der Waals surface area contributed by atoms with Crippen molar-refractivity contribution < 1.29 is 0 Å². The van der Waals surface area contributed by atoms with Gasteiger partial charge in [0.15, 0.2) is 0 Å². The average Bonchev–Trinajstić information content (AvgIpc) is 2.85. The summed E-state index contributed by atoms with van der Waals surface area (Å²) in [5, 5.41) is 10.6. The van der Waals surface area contributed by atoms with Crippen molar-refractivity contribution in [2.75, 3.05) is 6.54 Å². The smallest absolute Gasteiger partial charge is 0.124 e. The molecule has 0 aliphatic heterocycles. The van der Waals surface area contributed by atoms with Gasteiger partial charge in [-0.25, -0.2) is 4.98 Å². The van der Waals surface area contributed by atoms with Crippen LogP contribution in [0.15, 0.2) is 33.3 Å². The van der Waals surface area contributed by atoms with Crippen LogP contribution in [-0.2, 0) is 6.54 Å².